The lowest BCUT2D eigenvalue weighted by molar-refractivity contribution is -0.139. The average Bonchev–Trinajstić information content (AvgIpc) is 3.22. The quantitative estimate of drug-likeness (QED) is 0.260. The first kappa shape index (κ1) is 21.7. The maximum atomic E-state index is 12.8. The van der Waals surface area contributed by atoms with Crippen molar-refractivity contribution in [2.24, 2.45) is 0 Å². The number of rotatable bonds is 3. The molecule has 1 fully saturated rings. The van der Waals surface area contributed by atoms with Crippen LogP contribution in [0.2, 0.25) is 0 Å². The molecule has 8 nitrogen and oxygen atoms in total. The summed E-state index contributed by atoms with van der Waals surface area (Å²) >= 11 is 0. The summed E-state index contributed by atoms with van der Waals surface area (Å²) in [6.07, 6.45) is 0.636. The zero-order chi connectivity index (χ0) is 23.0. The summed E-state index contributed by atoms with van der Waals surface area (Å²) in [5.41, 5.74) is -0.869. The molecule has 0 unspecified atom stereocenters. The molecule has 1 amide bonds. The molecule has 8 heteroatoms. The molecule has 1 aliphatic heterocycles. The van der Waals surface area contributed by atoms with Crippen molar-refractivity contribution in [3.05, 3.63) is 46.8 Å². The van der Waals surface area contributed by atoms with Crippen molar-refractivity contribution in [2.75, 3.05) is 13.7 Å². The molecule has 168 valence electrons. The van der Waals surface area contributed by atoms with Crippen molar-refractivity contribution in [3.8, 4) is 11.5 Å². The van der Waals surface area contributed by atoms with Crippen LogP contribution in [0.1, 0.15) is 33.6 Å². The third-order valence-electron chi connectivity index (χ3n) is 5.26. The van der Waals surface area contributed by atoms with E-state index in [0.717, 1.165) is 0 Å². The van der Waals surface area contributed by atoms with Crippen LogP contribution in [0.5, 0.6) is 11.5 Å². The molecule has 1 saturated heterocycles. The van der Waals surface area contributed by atoms with Crippen molar-refractivity contribution in [2.45, 2.75) is 45.3 Å². The summed E-state index contributed by atoms with van der Waals surface area (Å²) < 4.78 is 21.6. The van der Waals surface area contributed by atoms with Gasteiger partial charge in [0.2, 0.25) is 0 Å². The molecule has 2 heterocycles. The fraction of sp³-hybridized carbons (Fsp3) is 0.375. The van der Waals surface area contributed by atoms with Crippen LogP contribution in [0.4, 0.5) is 4.79 Å². The molecule has 1 aliphatic rings. The topological polar surface area (TPSA) is 95.3 Å². The number of hydrogen-bond donors (Lipinski definition) is 0. The van der Waals surface area contributed by atoms with E-state index in [9.17, 15) is 14.4 Å². The zero-order valence-corrected chi connectivity index (χ0v) is 18.5. The van der Waals surface area contributed by atoms with Gasteiger partial charge in [-0.3, -0.25) is 4.90 Å². The Kier molecular flexibility index (Phi) is 5.54. The van der Waals surface area contributed by atoms with Gasteiger partial charge in [0.25, 0.3) is 0 Å². The smallest absolute Gasteiger partial charge is 0.411 e. The number of carbonyl (C=O) groups is 2. The summed E-state index contributed by atoms with van der Waals surface area (Å²) in [4.78, 5) is 39.1. The van der Waals surface area contributed by atoms with Gasteiger partial charge in [-0.2, -0.15) is 0 Å². The number of benzene rings is 2. The Morgan fingerprint density at radius 1 is 1.03 bits per heavy atom. The number of nitrogens with zero attached hydrogens (tertiary/aromatic N) is 1. The molecule has 32 heavy (non-hydrogen) atoms. The number of amides is 1. The lowest BCUT2D eigenvalue weighted by Gasteiger charge is -2.27. The first-order valence-electron chi connectivity index (χ1n) is 10.4. The highest BCUT2D eigenvalue weighted by Crippen LogP contribution is 2.29. The SMILES string of the molecule is COc1ccc2c(c1)c(=O)oc1cc(OC(=O)[C@@H]3CCCN3C(=O)OC(C)(C)C)ccc12. The normalized spacial score (nSPS) is 16.4. The maximum absolute atomic E-state index is 12.8. The third kappa shape index (κ3) is 4.26. The van der Waals surface area contributed by atoms with Gasteiger partial charge in [0.05, 0.1) is 12.5 Å². The van der Waals surface area contributed by atoms with Gasteiger partial charge in [-0.15, -0.1) is 0 Å². The predicted molar refractivity (Wildman–Crippen MR) is 118 cm³/mol. The molecule has 0 spiro atoms. The highest BCUT2D eigenvalue weighted by atomic mass is 16.6. The lowest BCUT2D eigenvalue weighted by Crippen LogP contribution is -2.44. The summed E-state index contributed by atoms with van der Waals surface area (Å²) in [6.45, 7) is 5.75. The average molecular weight is 439 g/mol. The van der Waals surface area contributed by atoms with Gasteiger partial charge in [-0.05, 0) is 63.9 Å². The lowest BCUT2D eigenvalue weighted by atomic mass is 10.1. The molecule has 1 atom stereocenters. The second-order valence-electron chi connectivity index (χ2n) is 8.71. The standard InChI is InChI=1S/C24H25NO7/c1-24(2,3)32-23(28)25-11-5-6-19(25)22(27)30-15-8-10-17-16-9-7-14(29-4)12-18(16)21(26)31-20(17)13-15/h7-10,12-13,19H,5-6,11H2,1-4H3/t19-/m0/s1. The molecule has 1 aromatic heterocycles. The number of ether oxygens (including phenoxy) is 3. The Morgan fingerprint density at radius 3 is 2.47 bits per heavy atom. The van der Waals surface area contributed by atoms with Crippen LogP contribution in [0.3, 0.4) is 0 Å². The molecule has 0 saturated carbocycles. The van der Waals surface area contributed by atoms with Crippen LogP contribution in [0, 0.1) is 0 Å². The third-order valence-corrected chi connectivity index (χ3v) is 5.26. The van der Waals surface area contributed by atoms with Crippen molar-refractivity contribution >= 4 is 33.8 Å². The summed E-state index contributed by atoms with van der Waals surface area (Å²) in [7, 11) is 1.53. The van der Waals surface area contributed by atoms with E-state index in [4.69, 9.17) is 18.6 Å². The van der Waals surface area contributed by atoms with E-state index >= 15 is 0 Å². The molecule has 0 aliphatic carbocycles. The highest BCUT2D eigenvalue weighted by molar-refractivity contribution is 6.05. The van der Waals surface area contributed by atoms with Gasteiger partial charge in [-0.1, -0.05) is 0 Å². The number of likely N-dealkylation sites (tertiary alicyclic amines) is 1. The Bertz CT molecular complexity index is 1250. The monoisotopic (exact) mass is 439 g/mol. The second-order valence-corrected chi connectivity index (χ2v) is 8.71. The van der Waals surface area contributed by atoms with Crippen molar-refractivity contribution in [3.63, 3.8) is 0 Å². The number of methoxy groups -OCH3 is 1. The van der Waals surface area contributed by atoms with Gasteiger partial charge in [-0.25, -0.2) is 14.4 Å². The fourth-order valence-electron chi connectivity index (χ4n) is 3.82. The van der Waals surface area contributed by atoms with E-state index in [1.807, 2.05) is 0 Å². The van der Waals surface area contributed by atoms with Crippen LogP contribution in [0.25, 0.3) is 21.7 Å². The number of esters is 1. The van der Waals surface area contributed by atoms with Gasteiger partial charge in [0, 0.05) is 23.4 Å². The minimum atomic E-state index is -0.725. The molecule has 2 aromatic carbocycles. The predicted octanol–water partition coefficient (Wildman–Crippen LogP) is 4.26. The van der Waals surface area contributed by atoms with Crippen LogP contribution < -0.4 is 15.1 Å². The van der Waals surface area contributed by atoms with E-state index < -0.39 is 29.3 Å². The van der Waals surface area contributed by atoms with Crippen molar-refractivity contribution in [1.29, 1.82) is 0 Å². The minimum Gasteiger partial charge on any atom is -0.497 e. The Morgan fingerprint density at radius 2 is 1.75 bits per heavy atom. The van der Waals surface area contributed by atoms with Gasteiger partial charge in [0.1, 0.15) is 28.7 Å². The Hall–Kier alpha value is -3.55. The summed E-state index contributed by atoms with van der Waals surface area (Å²) in [6, 6.07) is 9.32. The zero-order valence-electron chi connectivity index (χ0n) is 18.5. The molecular formula is C24H25NO7. The molecule has 0 N–H and O–H groups in total. The first-order valence-corrected chi connectivity index (χ1v) is 10.4. The van der Waals surface area contributed by atoms with Gasteiger partial charge < -0.3 is 18.6 Å². The first-order chi connectivity index (χ1) is 15.2. The van der Waals surface area contributed by atoms with E-state index in [-0.39, 0.29) is 5.75 Å². The Balaban J connectivity index is 1.59. The Labute approximate surface area is 184 Å². The molecular weight excluding hydrogens is 414 g/mol. The van der Waals surface area contributed by atoms with Crippen LogP contribution in [-0.2, 0) is 9.53 Å². The van der Waals surface area contributed by atoms with Crippen molar-refractivity contribution in [1.82, 2.24) is 4.90 Å². The van der Waals surface area contributed by atoms with E-state index in [1.54, 1.807) is 51.1 Å². The summed E-state index contributed by atoms with van der Waals surface area (Å²) in [5.74, 6) is 0.232. The van der Waals surface area contributed by atoms with Crippen LogP contribution in [-0.4, -0.2) is 42.3 Å². The summed E-state index contributed by atoms with van der Waals surface area (Å²) in [5, 5.41) is 1.82. The van der Waals surface area contributed by atoms with E-state index in [2.05, 4.69) is 0 Å². The van der Waals surface area contributed by atoms with Gasteiger partial charge in [0.15, 0.2) is 0 Å². The largest absolute Gasteiger partial charge is 0.497 e. The number of fused-ring (bicyclic) bond motifs is 3. The van der Waals surface area contributed by atoms with Gasteiger partial charge >= 0.3 is 17.7 Å². The van der Waals surface area contributed by atoms with E-state index in [0.29, 0.717) is 46.9 Å². The number of carbonyl (C=O) groups excluding carboxylic acids is 2. The molecule has 4 rings (SSSR count). The minimum absolute atomic E-state index is 0.231. The molecule has 3 aromatic rings. The fourth-order valence-corrected chi connectivity index (χ4v) is 3.82. The second kappa shape index (κ2) is 8.18. The van der Waals surface area contributed by atoms with Crippen LogP contribution >= 0.6 is 0 Å². The highest BCUT2D eigenvalue weighted by Gasteiger charge is 2.38. The van der Waals surface area contributed by atoms with E-state index in [1.165, 1.54) is 18.1 Å². The van der Waals surface area contributed by atoms with Crippen molar-refractivity contribution < 1.29 is 28.2 Å². The van der Waals surface area contributed by atoms with Crippen LogP contribution in [0.15, 0.2) is 45.6 Å². The number of hydrogen-bond acceptors (Lipinski definition) is 7. The maximum Gasteiger partial charge on any atom is 0.411 e. The molecule has 0 radical (unpaired) electrons. The molecule has 0 bridgehead atoms.